The Labute approximate surface area is 118 Å². The second-order valence-electron chi connectivity index (χ2n) is 4.58. The van der Waals surface area contributed by atoms with Gasteiger partial charge in [0, 0.05) is 17.5 Å². The van der Waals surface area contributed by atoms with E-state index in [1.165, 1.54) is 5.56 Å². The van der Waals surface area contributed by atoms with Crippen LogP contribution in [0.4, 0.5) is 0 Å². The summed E-state index contributed by atoms with van der Waals surface area (Å²) in [6.07, 6.45) is 2.12. The molecule has 2 aromatic rings. The van der Waals surface area contributed by atoms with Crippen LogP contribution in [0.25, 0.3) is 0 Å². The topological polar surface area (TPSA) is 33.1 Å². The Kier molecular flexibility index (Phi) is 5.00. The van der Waals surface area contributed by atoms with E-state index >= 15 is 0 Å². The molecule has 2 rings (SSSR count). The Hall–Kier alpha value is -1.32. The number of pyridine rings is 1. The van der Waals surface area contributed by atoms with E-state index < -0.39 is 6.10 Å². The summed E-state index contributed by atoms with van der Waals surface area (Å²) in [6.45, 7) is 4.00. The first-order valence-electron chi connectivity index (χ1n) is 6.52. The molecule has 0 amide bonds. The largest absolute Gasteiger partial charge is 0.388 e. The minimum atomic E-state index is -0.402. The number of aromatic nitrogens is 1. The summed E-state index contributed by atoms with van der Waals surface area (Å²) in [4.78, 5) is 4.43. The monoisotopic (exact) mass is 273 g/mol. The van der Waals surface area contributed by atoms with Crippen LogP contribution in [0.15, 0.2) is 47.6 Å². The fourth-order valence-corrected chi connectivity index (χ4v) is 2.81. The van der Waals surface area contributed by atoms with Gasteiger partial charge >= 0.3 is 0 Å². The van der Waals surface area contributed by atoms with Gasteiger partial charge < -0.3 is 5.11 Å². The van der Waals surface area contributed by atoms with Gasteiger partial charge in [-0.25, -0.2) is 4.98 Å². The second kappa shape index (κ2) is 6.73. The number of aryl methyl sites for hydroxylation is 1. The minimum Gasteiger partial charge on any atom is -0.388 e. The van der Waals surface area contributed by atoms with E-state index in [9.17, 15) is 5.11 Å². The van der Waals surface area contributed by atoms with Crippen molar-refractivity contribution in [3.8, 4) is 0 Å². The third kappa shape index (κ3) is 3.82. The van der Waals surface area contributed by atoms with Crippen molar-refractivity contribution in [2.75, 3.05) is 0 Å². The number of benzene rings is 1. The molecular formula is C16H19NOS. The predicted molar refractivity (Wildman–Crippen MR) is 80.2 cm³/mol. The van der Waals surface area contributed by atoms with E-state index in [1.807, 2.05) is 19.9 Å². The van der Waals surface area contributed by atoms with Crippen molar-refractivity contribution in [3.63, 3.8) is 0 Å². The summed E-state index contributed by atoms with van der Waals surface area (Å²) in [6, 6.07) is 12.4. The molecule has 1 N–H and O–H groups in total. The number of hydrogen-bond acceptors (Lipinski definition) is 3. The van der Waals surface area contributed by atoms with Gasteiger partial charge in [0.2, 0.25) is 0 Å². The van der Waals surface area contributed by atoms with Crippen LogP contribution in [0.1, 0.15) is 36.1 Å². The average Bonchev–Trinajstić information content (AvgIpc) is 2.45. The molecule has 3 heteroatoms. The molecule has 0 aliphatic rings. The van der Waals surface area contributed by atoms with Crippen molar-refractivity contribution in [2.24, 2.45) is 0 Å². The molecule has 1 aromatic heterocycles. The summed E-state index contributed by atoms with van der Waals surface area (Å²) < 4.78 is 0. The third-order valence-corrected chi connectivity index (χ3v) is 4.10. The average molecular weight is 273 g/mol. The van der Waals surface area contributed by atoms with Crippen molar-refractivity contribution < 1.29 is 5.11 Å². The molecule has 1 atom stereocenters. The van der Waals surface area contributed by atoms with Crippen LogP contribution in [-0.2, 0) is 5.75 Å². The van der Waals surface area contributed by atoms with Gasteiger partial charge in [0.1, 0.15) is 0 Å². The molecule has 0 bridgehead atoms. The van der Waals surface area contributed by atoms with E-state index in [4.69, 9.17) is 0 Å². The molecule has 0 saturated carbocycles. The quantitative estimate of drug-likeness (QED) is 0.832. The van der Waals surface area contributed by atoms with Crippen molar-refractivity contribution in [1.29, 1.82) is 0 Å². The number of rotatable bonds is 5. The van der Waals surface area contributed by atoms with E-state index in [1.54, 1.807) is 18.0 Å². The van der Waals surface area contributed by atoms with Crippen molar-refractivity contribution in [1.82, 2.24) is 4.98 Å². The predicted octanol–water partition coefficient (Wildman–Crippen LogP) is 4.13. The summed E-state index contributed by atoms with van der Waals surface area (Å²) >= 11 is 1.72. The third-order valence-electron chi connectivity index (χ3n) is 3.10. The molecule has 1 unspecified atom stereocenters. The fourth-order valence-electron chi connectivity index (χ4n) is 1.92. The Morgan fingerprint density at radius 2 is 2.00 bits per heavy atom. The Morgan fingerprint density at radius 3 is 2.63 bits per heavy atom. The molecule has 100 valence electrons. The Bertz CT molecular complexity index is 528. The van der Waals surface area contributed by atoms with Crippen molar-refractivity contribution in [3.05, 3.63) is 59.3 Å². The van der Waals surface area contributed by atoms with Crippen LogP contribution in [-0.4, -0.2) is 10.1 Å². The van der Waals surface area contributed by atoms with Crippen LogP contribution in [0, 0.1) is 6.92 Å². The number of thioether (sulfide) groups is 1. The van der Waals surface area contributed by atoms with Crippen LogP contribution in [0.3, 0.4) is 0 Å². The number of aliphatic hydroxyl groups excluding tert-OH is 1. The first kappa shape index (κ1) is 14.1. The minimum absolute atomic E-state index is 0.402. The standard InChI is InChI=1S/C16H19NOS/c1-3-15(18)14-10-17-16(9-12(14)2)19-11-13-7-5-4-6-8-13/h4-10,15,18H,3,11H2,1-2H3. The van der Waals surface area contributed by atoms with Gasteiger partial charge in [0.05, 0.1) is 11.1 Å². The lowest BCUT2D eigenvalue weighted by molar-refractivity contribution is 0.172. The fraction of sp³-hybridized carbons (Fsp3) is 0.312. The molecule has 0 aliphatic heterocycles. The Balaban J connectivity index is 2.04. The first-order chi connectivity index (χ1) is 9.20. The van der Waals surface area contributed by atoms with Crippen LogP contribution < -0.4 is 0 Å². The lowest BCUT2D eigenvalue weighted by atomic mass is 10.1. The lowest BCUT2D eigenvalue weighted by Crippen LogP contribution is -1.99. The SMILES string of the molecule is CCC(O)c1cnc(SCc2ccccc2)cc1C. The highest BCUT2D eigenvalue weighted by molar-refractivity contribution is 7.98. The lowest BCUT2D eigenvalue weighted by Gasteiger charge is -2.12. The molecule has 0 fully saturated rings. The highest BCUT2D eigenvalue weighted by Crippen LogP contribution is 2.25. The summed E-state index contributed by atoms with van der Waals surface area (Å²) in [5.41, 5.74) is 3.34. The molecule has 1 heterocycles. The van der Waals surface area contributed by atoms with E-state index in [-0.39, 0.29) is 0 Å². The Morgan fingerprint density at radius 1 is 1.26 bits per heavy atom. The summed E-state index contributed by atoms with van der Waals surface area (Å²) in [5.74, 6) is 0.920. The molecule has 0 spiro atoms. The molecule has 0 aliphatic carbocycles. The zero-order valence-corrected chi connectivity index (χ0v) is 12.2. The normalized spacial score (nSPS) is 12.4. The van der Waals surface area contributed by atoms with Gasteiger partial charge in [-0.2, -0.15) is 0 Å². The number of aliphatic hydroxyl groups is 1. The molecular weight excluding hydrogens is 254 g/mol. The van der Waals surface area contributed by atoms with Crippen LogP contribution in [0.2, 0.25) is 0 Å². The van der Waals surface area contributed by atoms with Crippen molar-refractivity contribution in [2.45, 2.75) is 37.2 Å². The van der Waals surface area contributed by atoms with E-state index in [2.05, 4.69) is 35.3 Å². The zero-order chi connectivity index (χ0) is 13.7. The van der Waals surface area contributed by atoms with Crippen molar-refractivity contribution >= 4 is 11.8 Å². The van der Waals surface area contributed by atoms with Gasteiger partial charge in [-0.1, -0.05) is 37.3 Å². The molecule has 2 nitrogen and oxygen atoms in total. The van der Waals surface area contributed by atoms with Gasteiger partial charge in [0.15, 0.2) is 0 Å². The van der Waals surface area contributed by atoms with Gasteiger partial charge in [-0.15, -0.1) is 11.8 Å². The van der Waals surface area contributed by atoms with Gasteiger partial charge in [-0.3, -0.25) is 0 Å². The first-order valence-corrected chi connectivity index (χ1v) is 7.50. The molecule has 19 heavy (non-hydrogen) atoms. The smallest absolute Gasteiger partial charge is 0.0965 e. The van der Waals surface area contributed by atoms with Crippen LogP contribution in [0.5, 0.6) is 0 Å². The zero-order valence-electron chi connectivity index (χ0n) is 11.3. The van der Waals surface area contributed by atoms with Gasteiger partial charge in [-0.05, 0) is 30.5 Å². The molecule has 1 aromatic carbocycles. The molecule has 0 saturated heterocycles. The molecule has 0 radical (unpaired) electrons. The highest BCUT2D eigenvalue weighted by atomic mass is 32.2. The van der Waals surface area contributed by atoms with Crippen LogP contribution >= 0.6 is 11.8 Å². The van der Waals surface area contributed by atoms with Gasteiger partial charge in [0.25, 0.3) is 0 Å². The second-order valence-corrected chi connectivity index (χ2v) is 5.57. The maximum atomic E-state index is 9.86. The summed E-state index contributed by atoms with van der Waals surface area (Å²) in [5, 5.41) is 10.9. The number of hydrogen-bond donors (Lipinski definition) is 1. The summed E-state index contributed by atoms with van der Waals surface area (Å²) in [7, 11) is 0. The van der Waals surface area contributed by atoms with E-state index in [0.29, 0.717) is 0 Å². The maximum Gasteiger partial charge on any atom is 0.0965 e. The number of nitrogens with zero attached hydrogens (tertiary/aromatic N) is 1. The maximum absolute atomic E-state index is 9.86. The van der Waals surface area contributed by atoms with E-state index in [0.717, 1.165) is 28.3 Å². The highest BCUT2D eigenvalue weighted by Gasteiger charge is 2.09.